The molecule has 4 heteroatoms. The summed E-state index contributed by atoms with van der Waals surface area (Å²) in [5.41, 5.74) is 10.9. The summed E-state index contributed by atoms with van der Waals surface area (Å²) in [5.74, 6) is 0. The normalized spacial score (nSPS) is 12.9. The molecule has 0 bridgehead atoms. The first kappa shape index (κ1) is 11.9. The van der Waals surface area contributed by atoms with Gasteiger partial charge in [-0.2, -0.15) is 5.10 Å². The highest BCUT2D eigenvalue weighted by Crippen LogP contribution is 2.15. The molecule has 2 aromatic rings. The van der Waals surface area contributed by atoms with Crippen LogP contribution in [0.2, 0.25) is 0 Å². The van der Waals surface area contributed by atoms with E-state index in [-0.39, 0.29) is 6.04 Å². The van der Waals surface area contributed by atoms with Crippen molar-refractivity contribution in [3.63, 3.8) is 0 Å². The van der Waals surface area contributed by atoms with Crippen LogP contribution in [0.25, 0.3) is 0 Å². The maximum Gasteiger partial charge on any atom is 0.0935 e. The van der Waals surface area contributed by atoms with Crippen molar-refractivity contribution in [1.82, 2.24) is 9.78 Å². The van der Waals surface area contributed by atoms with Crippen molar-refractivity contribution < 1.29 is 4.42 Å². The van der Waals surface area contributed by atoms with E-state index in [4.69, 9.17) is 10.2 Å². The molecule has 2 aromatic heterocycles. The molecule has 92 valence electrons. The molecule has 2 N–H and O–H groups in total. The Hall–Kier alpha value is -1.55. The molecule has 2 heterocycles. The second kappa shape index (κ2) is 4.75. The highest BCUT2D eigenvalue weighted by molar-refractivity contribution is 5.25. The van der Waals surface area contributed by atoms with Crippen molar-refractivity contribution in [2.45, 2.75) is 32.7 Å². The monoisotopic (exact) mass is 233 g/mol. The van der Waals surface area contributed by atoms with Gasteiger partial charge in [-0.05, 0) is 43.9 Å². The molecule has 0 aliphatic heterocycles. The summed E-state index contributed by atoms with van der Waals surface area (Å²) in [7, 11) is 1.97. The largest absolute Gasteiger partial charge is 0.472 e. The molecule has 0 aliphatic carbocycles. The predicted octanol–water partition coefficient (Wildman–Crippen LogP) is 1.74. The van der Waals surface area contributed by atoms with Crippen LogP contribution in [0.4, 0.5) is 0 Å². The van der Waals surface area contributed by atoms with Gasteiger partial charge in [-0.15, -0.1) is 0 Å². The Bertz CT molecular complexity index is 485. The lowest BCUT2D eigenvalue weighted by atomic mass is 10.00. The fourth-order valence-electron chi connectivity index (χ4n) is 2.16. The van der Waals surface area contributed by atoms with Crippen molar-refractivity contribution in [3.8, 4) is 0 Å². The molecule has 0 spiro atoms. The average molecular weight is 233 g/mol. The van der Waals surface area contributed by atoms with Gasteiger partial charge in [0.25, 0.3) is 0 Å². The number of nitrogens with zero attached hydrogens (tertiary/aromatic N) is 2. The van der Waals surface area contributed by atoms with Crippen molar-refractivity contribution >= 4 is 0 Å². The van der Waals surface area contributed by atoms with Crippen molar-refractivity contribution in [1.29, 1.82) is 0 Å². The van der Waals surface area contributed by atoms with Crippen LogP contribution in [-0.2, 0) is 19.9 Å². The number of furan rings is 1. The molecule has 0 amide bonds. The van der Waals surface area contributed by atoms with E-state index in [9.17, 15) is 0 Å². The van der Waals surface area contributed by atoms with E-state index in [0.29, 0.717) is 0 Å². The van der Waals surface area contributed by atoms with E-state index in [1.807, 2.05) is 24.7 Å². The second-order valence-corrected chi connectivity index (χ2v) is 4.57. The lowest BCUT2D eigenvalue weighted by Crippen LogP contribution is -2.25. The van der Waals surface area contributed by atoms with Crippen molar-refractivity contribution in [2.75, 3.05) is 0 Å². The van der Waals surface area contributed by atoms with E-state index in [1.54, 1.807) is 12.5 Å². The number of hydrogen-bond acceptors (Lipinski definition) is 3. The Morgan fingerprint density at radius 2 is 2.18 bits per heavy atom. The van der Waals surface area contributed by atoms with Crippen LogP contribution in [0, 0.1) is 13.8 Å². The van der Waals surface area contributed by atoms with Crippen molar-refractivity contribution in [3.05, 3.63) is 41.1 Å². The Labute approximate surface area is 101 Å². The molecule has 0 aliphatic rings. The molecule has 2 rings (SSSR count). The first-order valence-corrected chi connectivity index (χ1v) is 5.83. The molecule has 1 atom stereocenters. The van der Waals surface area contributed by atoms with Gasteiger partial charge in [-0.1, -0.05) is 0 Å². The molecule has 0 saturated carbocycles. The van der Waals surface area contributed by atoms with Gasteiger partial charge in [0.05, 0.1) is 18.2 Å². The van der Waals surface area contributed by atoms with Gasteiger partial charge in [-0.3, -0.25) is 4.68 Å². The van der Waals surface area contributed by atoms with E-state index in [2.05, 4.69) is 12.0 Å². The number of hydrogen-bond donors (Lipinski definition) is 1. The standard InChI is InChI=1S/C13H19N3O/c1-9-13(10(2)16(3)15-9)7-12(14)6-11-4-5-17-8-11/h4-5,8,12H,6-7,14H2,1-3H3. The van der Waals surface area contributed by atoms with Gasteiger partial charge in [0.2, 0.25) is 0 Å². The minimum atomic E-state index is 0.106. The summed E-state index contributed by atoms with van der Waals surface area (Å²) >= 11 is 0. The third-order valence-corrected chi connectivity index (χ3v) is 3.20. The van der Waals surface area contributed by atoms with Gasteiger partial charge in [0, 0.05) is 18.8 Å². The summed E-state index contributed by atoms with van der Waals surface area (Å²) in [6.45, 7) is 4.12. The lowest BCUT2D eigenvalue weighted by Gasteiger charge is -2.10. The highest BCUT2D eigenvalue weighted by atomic mass is 16.3. The number of aromatic nitrogens is 2. The summed E-state index contributed by atoms with van der Waals surface area (Å²) in [6, 6.07) is 2.07. The fourth-order valence-corrected chi connectivity index (χ4v) is 2.16. The maximum absolute atomic E-state index is 6.17. The van der Waals surface area contributed by atoms with Crippen LogP contribution in [0.1, 0.15) is 22.5 Å². The summed E-state index contributed by atoms with van der Waals surface area (Å²) in [4.78, 5) is 0. The molecule has 0 radical (unpaired) electrons. The quantitative estimate of drug-likeness (QED) is 0.875. The van der Waals surface area contributed by atoms with Gasteiger partial charge in [0.15, 0.2) is 0 Å². The zero-order valence-electron chi connectivity index (χ0n) is 10.6. The molecular weight excluding hydrogens is 214 g/mol. The maximum atomic E-state index is 6.17. The molecular formula is C13H19N3O. The average Bonchev–Trinajstić information content (AvgIpc) is 2.83. The fraction of sp³-hybridized carbons (Fsp3) is 0.462. The molecule has 1 unspecified atom stereocenters. The molecule has 4 nitrogen and oxygen atoms in total. The van der Waals surface area contributed by atoms with Crippen LogP contribution >= 0.6 is 0 Å². The summed E-state index contributed by atoms with van der Waals surface area (Å²) < 4.78 is 6.96. The van der Waals surface area contributed by atoms with Gasteiger partial charge in [-0.25, -0.2) is 0 Å². The number of aryl methyl sites for hydroxylation is 2. The van der Waals surface area contributed by atoms with Gasteiger partial charge < -0.3 is 10.2 Å². The molecule has 0 saturated heterocycles. The molecule has 0 aromatic carbocycles. The smallest absolute Gasteiger partial charge is 0.0935 e. The van der Waals surface area contributed by atoms with Crippen LogP contribution in [0.15, 0.2) is 23.0 Å². The van der Waals surface area contributed by atoms with Crippen LogP contribution in [0.5, 0.6) is 0 Å². The van der Waals surface area contributed by atoms with Crippen LogP contribution in [0.3, 0.4) is 0 Å². The Balaban J connectivity index is 2.05. The van der Waals surface area contributed by atoms with Gasteiger partial charge in [0.1, 0.15) is 0 Å². The van der Waals surface area contributed by atoms with Crippen LogP contribution in [-0.4, -0.2) is 15.8 Å². The highest BCUT2D eigenvalue weighted by Gasteiger charge is 2.13. The summed E-state index contributed by atoms with van der Waals surface area (Å²) in [5, 5.41) is 4.40. The summed E-state index contributed by atoms with van der Waals surface area (Å²) in [6.07, 6.45) is 5.13. The van der Waals surface area contributed by atoms with E-state index in [0.717, 1.165) is 24.1 Å². The topological polar surface area (TPSA) is 57.0 Å². The lowest BCUT2D eigenvalue weighted by molar-refractivity contribution is 0.559. The minimum absolute atomic E-state index is 0.106. The number of nitrogens with two attached hydrogens (primary N) is 1. The Morgan fingerprint density at radius 3 is 2.71 bits per heavy atom. The van der Waals surface area contributed by atoms with Crippen LogP contribution < -0.4 is 5.73 Å². The second-order valence-electron chi connectivity index (χ2n) is 4.57. The zero-order chi connectivity index (χ0) is 12.4. The van der Waals surface area contributed by atoms with E-state index < -0.39 is 0 Å². The Morgan fingerprint density at radius 1 is 1.41 bits per heavy atom. The van der Waals surface area contributed by atoms with Gasteiger partial charge >= 0.3 is 0 Å². The number of rotatable bonds is 4. The van der Waals surface area contributed by atoms with E-state index >= 15 is 0 Å². The predicted molar refractivity (Wildman–Crippen MR) is 66.8 cm³/mol. The van der Waals surface area contributed by atoms with E-state index in [1.165, 1.54) is 11.3 Å². The van der Waals surface area contributed by atoms with Crippen molar-refractivity contribution in [2.24, 2.45) is 12.8 Å². The molecule has 0 fully saturated rings. The minimum Gasteiger partial charge on any atom is -0.472 e. The molecule has 17 heavy (non-hydrogen) atoms. The third-order valence-electron chi connectivity index (χ3n) is 3.20. The first-order chi connectivity index (χ1) is 8.08. The first-order valence-electron chi connectivity index (χ1n) is 5.83. The Kier molecular flexibility index (Phi) is 3.33. The SMILES string of the molecule is Cc1nn(C)c(C)c1CC(N)Cc1ccoc1. The zero-order valence-corrected chi connectivity index (χ0v) is 10.6. The third kappa shape index (κ3) is 2.58.